The third kappa shape index (κ3) is 6.60. The largest absolute Gasteiger partial charge is 0.394 e. The summed E-state index contributed by atoms with van der Waals surface area (Å²) in [5, 5.41) is 9.51. The summed E-state index contributed by atoms with van der Waals surface area (Å²) < 4.78 is 0. The molecule has 1 aliphatic carbocycles. The monoisotopic (exact) mass is 343 g/mol. The third-order valence-electron chi connectivity index (χ3n) is 5.42. The second-order valence-corrected chi connectivity index (χ2v) is 8.14. The minimum absolute atomic E-state index is 0.0305. The average molecular weight is 344 g/mol. The van der Waals surface area contributed by atoms with E-state index >= 15 is 0 Å². The molecule has 2 atom stereocenters. The molecule has 2 rings (SSSR count). The Morgan fingerprint density at radius 1 is 1.16 bits per heavy atom. The lowest BCUT2D eigenvalue weighted by Gasteiger charge is -2.27. The Labute approximate surface area is 154 Å². The summed E-state index contributed by atoms with van der Waals surface area (Å²) in [4.78, 5) is 0. The van der Waals surface area contributed by atoms with Gasteiger partial charge in [0, 0.05) is 11.5 Å². The molecule has 0 fully saturated rings. The van der Waals surface area contributed by atoms with E-state index in [0.29, 0.717) is 5.92 Å². The summed E-state index contributed by atoms with van der Waals surface area (Å²) in [7, 11) is 0. The van der Waals surface area contributed by atoms with Gasteiger partial charge in [-0.15, -0.1) is 0 Å². The van der Waals surface area contributed by atoms with E-state index in [0.717, 1.165) is 19.3 Å². The molecule has 140 valence electrons. The average Bonchev–Trinajstić information content (AvgIpc) is 2.79. The topological polar surface area (TPSA) is 46.2 Å². The quantitative estimate of drug-likeness (QED) is 0.449. The van der Waals surface area contributed by atoms with E-state index < -0.39 is 5.54 Å². The van der Waals surface area contributed by atoms with Gasteiger partial charge in [0.05, 0.1) is 6.61 Å². The van der Waals surface area contributed by atoms with Gasteiger partial charge in [-0.2, -0.15) is 0 Å². The normalized spacial score (nSPS) is 19.3. The maximum absolute atomic E-state index is 9.51. The molecule has 0 unspecified atom stereocenters. The number of hydrogen-bond donors (Lipinski definition) is 2. The Balaban J connectivity index is 1.97. The maximum Gasteiger partial charge on any atom is 0.0608 e. The molecule has 0 aromatic heterocycles. The van der Waals surface area contributed by atoms with Crippen LogP contribution in [-0.4, -0.2) is 17.3 Å². The molecule has 0 amide bonds. The lowest BCUT2D eigenvalue weighted by Crippen LogP contribution is -2.41. The highest BCUT2D eigenvalue weighted by atomic mass is 16.3. The third-order valence-corrected chi connectivity index (χ3v) is 5.42. The van der Waals surface area contributed by atoms with Gasteiger partial charge in [0.1, 0.15) is 0 Å². The molecule has 25 heavy (non-hydrogen) atoms. The van der Waals surface area contributed by atoms with Crippen molar-refractivity contribution in [3.63, 3.8) is 0 Å². The highest BCUT2D eigenvalue weighted by molar-refractivity contribution is 5.39. The van der Waals surface area contributed by atoms with Crippen LogP contribution in [0.5, 0.6) is 0 Å². The molecule has 0 bridgehead atoms. The number of aliphatic hydroxyl groups excluding tert-OH is 1. The number of unbranched alkanes of at least 4 members (excludes halogenated alkanes) is 5. The number of aliphatic hydroxyl groups is 1. The van der Waals surface area contributed by atoms with E-state index in [-0.39, 0.29) is 6.61 Å². The van der Waals surface area contributed by atoms with Crippen molar-refractivity contribution in [2.45, 2.75) is 89.5 Å². The fourth-order valence-electron chi connectivity index (χ4n) is 3.85. The van der Waals surface area contributed by atoms with Gasteiger partial charge in [0.2, 0.25) is 0 Å². The van der Waals surface area contributed by atoms with Crippen molar-refractivity contribution in [1.29, 1.82) is 0 Å². The zero-order chi connectivity index (χ0) is 18.1. The highest BCUT2D eigenvalue weighted by Gasteiger charge is 2.25. The van der Waals surface area contributed by atoms with Crippen LogP contribution in [0.3, 0.4) is 0 Å². The number of rotatable bonds is 10. The van der Waals surface area contributed by atoms with Crippen molar-refractivity contribution in [3.05, 3.63) is 47.0 Å². The van der Waals surface area contributed by atoms with E-state index in [1.807, 2.05) is 6.92 Å². The van der Waals surface area contributed by atoms with Gasteiger partial charge in [-0.05, 0) is 55.7 Å². The molecule has 2 nitrogen and oxygen atoms in total. The van der Waals surface area contributed by atoms with Gasteiger partial charge in [-0.3, -0.25) is 0 Å². The molecule has 2 heteroatoms. The van der Waals surface area contributed by atoms with Gasteiger partial charge < -0.3 is 10.8 Å². The Hall–Kier alpha value is -1.12. The lowest BCUT2D eigenvalue weighted by atomic mass is 9.83. The summed E-state index contributed by atoms with van der Waals surface area (Å²) >= 11 is 0. The van der Waals surface area contributed by atoms with Crippen LogP contribution in [0.15, 0.2) is 30.4 Å². The van der Waals surface area contributed by atoms with Gasteiger partial charge in [-0.25, -0.2) is 0 Å². The Bertz CT molecular complexity index is 547. The van der Waals surface area contributed by atoms with Gasteiger partial charge in [0.25, 0.3) is 0 Å². The molecule has 0 aliphatic heterocycles. The fraction of sp³-hybridized carbons (Fsp3) is 0.652. The molecular weight excluding hydrogens is 306 g/mol. The predicted octanol–water partition coefficient (Wildman–Crippen LogP) is 5.28. The Morgan fingerprint density at radius 3 is 2.68 bits per heavy atom. The molecular formula is C23H37NO. The first-order chi connectivity index (χ1) is 12.1. The maximum atomic E-state index is 9.51. The van der Waals surface area contributed by atoms with Gasteiger partial charge in [-0.1, -0.05) is 69.4 Å². The first-order valence-electron chi connectivity index (χ1n) is 10.2. The van der Waals surface area contributed by atoms with Crippen LogP contribution in [0, 0.1) is 0 Å². The van der Waals surface area contributed by atoms with Crippen LogP contribution in [0.4, 0.5) is 0 Å². The Morgan fingerprint density at radius 2 is 1.92 bits per heavy atom. The molecule has 0 saturated carbocycles. The van der Waals surface area contributed by atoms with Crippen molar-refractivity contribution >= 4 is 0 Å². The molecule has 0 radical (unpaired) electrons. The minimum atomic E-state index is -0.520. The van der Waals surface area contributed by atoms with Crippen LogP contribution in [-0.2, 0) is 12.8 Å². The lowest BCUT2D eigenvalue weighted by molar-refractivity contribution is 0.197. The molecule has 0 spiro atoms. The van der Waals surface area contributed by atoms with Crippen molar-refractivity contribution in [2.24, 2.45) is 5.73 Å². The van der Waals surface area contributed by atoms with Crippen molar-refractivity contribution in [2.75, 3.05) is 6.61 Å². The minimum Gasteiger partial charge on any atom is -0.394 e. The van der Waals surface area contributed by atoms with Crippen molar-refractivity contribution in [3.8, 4) is 0 Å². The summed E-state index contributed by atoms with van der Waals surface area (Å²) in [5.74, 6) is 0.322. The summed E-state index contributed by atoms with van der Waals surface area (Å²) in [5.41, 5.74) is 10.1. The summed E-state index contributed by atoms with van der Waals surface area (Å²) in [6.45, 7) is 4.24. The molecule has 0 heterocycles. The van der Waals surface area contributed by atoms with E-state index in [2.05, 4.69) is 37.3 Å². The van der Waals surface area contributed by atoms with Crippen molar-refractivity contribution < 1.29 is 5.11 Å². The van der Waals surface area contributed by atoms with Crippen molar-refractivity contribution in [1.82, 2.24) is 0 Å². The zero-order valence-electron chi connectivity index (χ0n) is 16.3. The van der Waals surface area contributed by atoms with Gasteiger partial charge >= 0.3 is 0 Å². The first-order valence-corrected chi connectivity index (χ1v) is 10.2. The summed E-state index contributed by atoms with van der Waals surface area (Å²) in [6.07, 6.45) is 16.9. The number of benzene rings is 1. The van der Waals surface area contributed by atoms with Gasteiger partial charge in [0.15, 0.2) is 0 Å². The number of aryl methyl sites for hydroxylation is 2. The SMILES string of the molecule is CCCCCCCCc1ccc2c(c1)CCC=C[C@H]2C[C@@](C)(N)CO. The summed E-state index contributed by atoms with van der Waals surface area (Å²) in [6, 6.07) is 7.05. The van der Waals surface area contributed by atoms with Crippen LogP contribution in [0.1, 0.15) is 87.8 Å². The van der Waals surface area contributed by atoms with E-state index in [4.69, 9.17) is 5.73 Å². The standard InChI is InChI=1S/C23H37NO/c1-3-4-5-6-7-8-11-19-14-15-22-20(16-19)12-9-10-13-21(22)17-23(2,24)18-25/h10,13-16,21,25H,3-9,11-12,17-18,24H2,1-2H3/t21-,23+/m0/s1. The number of allylic oxidation sites excluding steroid dienone is 2. The molecule has 1 aliphatic rings. The van der Waals surface area contributed by atoms with E-state index in [1.165, 1.54) is 61.6 Å². The molecule has 1 aromatic rings. The smallest absolute Gasteiger partial charge is 0.0608 e. The van der Waals surface area contributed by atoms with Crippen LogP contribution in [0.2, 0.25) is 0 Å². The van der Waals surface area contributed by atoms with Crippen LogP contribution in [0.25, 0.3) is 0 Å². The molecule has 3 N–H and O–H groups in total. The number of fused-ring (bicyclic) bond motifs is 1. The van der Waals surface area contributed by atoms with E-state index in [1.54, 1.807) is 0 Å². The molecule has 0 saturated heterocycles. The highest BCUT2D eigenvalue weighted by Crippen LogP contribution is 2.32. The second kappa shape index (κ2) is 10.1. The second-order valence-electron chi connectivity index (χ2n) is 8.14. The predicted molar refractivity (Wildman–Crippen MR) is 108 cm³/mol. The number of nitrogens with two attached hydrogens (primary N) is 1. The van der Waals surface area contributed by atoms with Crippen LogP contribution >= 0.6 is 0 Å². The molecule has 1 aromatic carbocycles. The fourth-order valence-corrected chi connectivity index (χ4v) is 3.85. The van der Waals surface area contributed by atoms with Crippen LogP contribution < -0.4 is 5.73 Å². The number of hydrogen-bond acceptors (Lipinski definition) is 2. The Kier molecular flexibility index (Phi) is 8.18. The first kappa shape index (κ1) is 20.2. The zero-order valence-corrected chi connectivity index (χ0v) is 16.3. The van der Waals surface area contributed by atoms with E-state index in [9.17, 15) is 5.11 Å².